The zero-order valence-corrected chi connectivity index (χ0v) is 19.9. The summed E-state index contributed by atoms with van der Waals surface area (Å²) in [4.78, 5) is 45.0. The molecule has 1 N–H and O–H groups in total. The minimum Gasteiger partial charge on any atom is -0.438 e. The molecule has 180 valence electrons. The van der Waals surface area contributed by atoms with Gasteiger partial charge in [-0.3, -0.25) is 24.5 Å². The number of anilines is 1. The quantitative estimate of drug-likeness (QED) is 0.414. The summed E-state index contributed by atoms with van der Waals surface area (Å²) in [6.07, 6.45) is 3.57. The first kappa shape index (κ1) is 22.3. The van der Waals surface area contributed by atoms with Crippen molar-refractivity contribution in [3.63, 3.8) is 0 Å². The van der Waals surface area contributed by atoms with Crippen molar-refractivity contribution >= 4 is 46.1 Å². The average molecular weight is 501 g/mol. The number of fused-ring (bicyclic) bond motifs is 3. The molecule has 2 amide bonds. The van der Waals surface area contributed by atoms with Gasteiger partial charge in [0.2, 0.25) is 0 Å². The molecule has 0 saturated carbocycles. The normalized spacial score (nSPS) is 16.4. The number of nitrogens with one attached hydrogen (secondary N) is 1. The number of piperidine rings is 1. The van der Waals surface area contributed by atoms with Crippen molar-refractivity contribution in [1.29, 1.82) is 0 Å². The van der Waals surface area contributed by atoms with E-state index in [1.54, 1.807) is 53.7 Å². The number of carbonyl (C=O) groups excluding carboxylic acids is 3. The van der Waals surface area contributed by atoms with Gasteiger partial charge in [0.1, 0.15) is 11.3 Å². The Morgan fingerprint density at radius 3 is 2.56 bits per heavy atom. The first-order valence-electron chi connectivity index (χ1n) is 11.6. The van der Waals surface area contributed by atoms with Crippen LogP contribution in [0.5, 0.6) is 0 Å². The van der Waals surface area contributed by atoms with E-state index in [9.17, 15) is 14.4 Å². The van der Waals surface area contributed by atoms with E-state index in [1.807, 2.05) is 24.3 Å². The van der Waals surface area contributed by atoms with Gasteiger partial charge in [-0.2, -0.15) is 0 Å². The largest absolute Gasteiger partial charge is 0.438 e. The molecule has 6 rings (SSSR count). The fraction of sp³-hybridized carbons (Fsp3) is 0.185. The molecule has 0 atom stereocenters. The molecule has 1 fully saturated rings. The Kier molecular flexibility index (Phi) is 5.26. The van der Waals surface area contributed by atoms with Gasteiger partial charge in [-0.15, -0.1) is 0 Å². The van der Waals surface area contributed by atoms with E-state index in [4.69, 9.17) is 16.3 Å². The van der Waals surface area contributed by atoms with Crippen LogP contribution in [0.25, 0.3) is 10.9 Å². The van der Waals surface area contributed by atoms with Gasteiger partial charge in [0.15, 0.2) is 0 Å². The monoisotopic (exact) mass is 500 g/mol. The van der Waals surface area contributed by atoms with Gasteiger partial charge in [-0.25, -0.2) is 4.79 Å². The highest BCUT2D eigenvalue weighted by atomic mass is 35.5. The summed E-state index contributed by atoms with van der Waals surface area (Å²) in [6.45, 7) is 0.795. The molecule has 2 aromatic carbocycles. The summed E-state index contributed by atoms with van der Waals surface area (Å²) in [6, 6.07) is 17.8. The second kappa shape index (κ2) is 8.49. The average Bonchev–Trinajstić information content (AvgIpc) is 3.27. The van der Waals surface area contributed by atoms with Gasteiger partial charge >= 0.3 is 6.09 Å². The number of para-hydroxylation sites is 1. The van der Waals surface area contributed by atoms with E-state index >= 15 is 0 Å². The predicted octanol–water partition coefficient (Wildman–Crippen LogP) is 5.07. The third-order valence-corrected chi connectivity index (χ3v) is 7.14. The van der Waals surface area contributed by atoms with Crippen molar-refractivity contribution in [3.8, 4) is 0 Å². The van der Waals surface area contributed by atoms with Gasteiger partial charge in [0.25, 0.3) is 11.8 Å². The van der Waals surface area contributed by atoms with Crippen molar-refractivity contribution in [2.45, 2.75) is 18.4 Å². The Bertz CT molecular complexity index is 1520. The Hall–Kier alpha value is -4.17. The number of benzene rings is 2. The molecule has 36 heavy (non-hydrogen) atoms. The predicted molar refractivity (Wildman–Crippen MR) is 134 cm³/mol. The molecule has 9 heteroatoms. The summed E-state index contributed by atoms with van der Waals surface area (Å²) in [5.41, 5.74) is 2.09. The van der Waals surface area contributed by atoms with Crippen molar-refractivity contribution < 1.29 is 19.1 Å². The van der Waals surface area contributed by atoms with Gasteiger partial charge in [0, 0.05) is 54.3 Å². The number of ether oxygens (including phenoxy) is 1. The number of amides is 2. The highest BCUT2D eigenvalue weighted by Crippen LogP contribution is 2.43. The fourth-order valence-electron chi connectivity index (χ4n) is 5.12. The molecule has 0 aliphatic carbocycles. The Morgan fingerprint density at radius 2 is 1.78 bits per heavy atom. The number of hydrogen-bond acceptors (Lipinski definition) is 5. The molecule has 1 saturated heterocycles. The number of nitrogens with zero attached hydrogens (tertiary/aromatic N) is 3. The molecule has 0 bridgehead atoms. The van der Waals surface area contributed by atoms with E-state index in [-0.39, 0.29) is 17.5 Å². The summed E-state index contributed by atoms with van der Waals surface area (Å²) >= 11 is 6.23. The van der Waals surface area contributed by atoms with Crippen LogP contribution in [0.2, 0.25) is 5.02 Å². The van der Waals surface area contributed by atoms with E-state index < -0.39 is 11.7 Å². The number of aromatic nitrogens is 2. The van der Waals surface area contributed by atoms with E-state index in [0.717, 1.165) is 11.3 Å². The third kappa shape index (κ3) is 3.61. The second-order valence-corrected chi connectivity index (χ2v) is 9.38. The van der Waals surface area contributed by atoms with E-state index in [1.165, 1.54) is 4.57 Å². The van der Waals surface area contributed by atoms with Crippen LogP contribution in [0.3, 0.4) is 0 Å². The molecule has 2 aromatic heterocycles. The maximum Gasteiger partial charge on any atom is 0.412 e. The minimum atomic E-state index is -0.772. The van der Waals surface area contributed by atoms with Crippen molar-refractivity contribution in [1.82, 2.24) is 14.5 Å². The SMILES string of the molecule is O=C1Nc2ccccc2C2(CCN(C(=O)c3cn(C(=O)c4ccccn4)c4cc(Cl)ccc34)CC2)O1. The zero-order chi connectivity index (χ0) is 24.9. The maximum absolute atomic E-state index is 13.7. The number of carbonyl (C=O) groups is 3. The Labute approximate surface area is 211 Å². The molecular weight excluding hydrogens is 480 g/mol. The van der Waals surface area contributed by atoms with Crippen molar-refractivity contribution in [3.05, 3.63) is 94.9 Å². The summed E-state index contributed by atoms with van der Waals surface area (Å²) in [5, 5.41) is 3.84. The molecule has 1 spiro atoms. The first-order chi connectivity index (χ1) is 17.4. The summed E-state index contributed by atoms with van der Waals surface area (Å²) in [7, 11) is 0. The van der Waals surface area contributed by atoms with E-state index in [0.29, 0.717) is 47.4 Å². The Morgan fingerprint density at radius 1 is 1.00 bits per heavy atom. The zero-order valence-electron chi connectivity index (χ0n) is 19.1. The topological polar surface area (TPSA) is 93.5 Å². The van der Waals surface area contributed by atoms with Gasteiger partial charge in [0.05, 0.1) is 16.8 Å². The van der Waals surface area contributed by atoms with Crippen LogP contribution < -0.4 is 5.32 Å². The highest BCUT2D eigenvalue weighted by Gasteiger charge is 2.45. The van der Waals surface area contributed by atoms with Crippen LogP contribution in [0.4, 0.5) is 10.5 Å². The molecule has 0 radical (unpaired) electrons. The number of rotatable bonds is 2. The van der Waals surface area contributed by atoms with Crippen LogP contribution in [0.15, 0.2) is 73.1 Å². The molecular formula is C27H21ClN4O4. The van der Waals surface area contributed by atoms with Crippen LogP contribution in [0.1, 0.15) is 39.3 Å². The first-order valence-corrected chi connectivity index (χ1v) is 12.0. The number of hydrogen-bond donors (Lipinski definition) is 1. The standard InChI is InChI=1S/C27H21ClN4O4/c28-17-8-9-18-19(16-32(23(18)15-17)25(34)22-7-3-4-12-29-22)24(33)31-13-10-27(11-14-31)20-5-1-2-6-21(20)30-26(35)36-27/h1-9,12,15-16H,10-11,13-14H2,(H,30,35). The van der Waals surface area contributed by atoms with Crippen LogP contribution in [-0.2, 0) is 10.3 Å². The van der Waals surface area contributed by atoms with Crippen LogP contribution >= 0.6 is 11.6 Å². The fourth-order valence-corrected chi connectivity index (χ4v) is 5.29. The maximum atomic E-state index is 13.7. The molecule has 2 aliphatic heterocycles. The summed E-state index contributed by atoms with van der Waals surface area (Å²) in [5.74, 6) is -0.545. The van der Waals surface area contributed by atoms with E-state index in [2.05, 4.69) is 10.3 Å². The van der Waals surface area contributed by atoms with Crippen molar-refractivity contribution in [2.75, 3.05) is 18.4 Å². The number of likely N-dealkylation sites (tertiary alicyclic amines) is 1. The molecule has 4 aromatic rings. The second-order valence-electron chi connectivity index (χ2n) is 8.94. The lowest BCUT2D eigenvalue weighted by Gasteiger charge is -2.44. The minimum absolute atomic E-state index is 0.196. The lowest BCUT2D eigenvalue weighted by molar-refractivity contribution is -0.0331. The molecule has 0 unspecified atom stereocenters. The van der Waals surface area contributed by atoms with Crippen LogP contribution in [0, 0.1) is 0 Å². The Balaban J connectivity index is 1.32. The smallest absolute Gasteiger partial charge is 0.412 e. The summed E-state index contributed by atoms with van der Waals surface area (Å²) < 4.78 is 7.21. The number of halogens is 1. The van der Waals surface area contributed by atoms with Gasteiger partial charge in [-0.1, -0.05) is 41.9 Å². The lowest BCUT2D eigenvalue weighted by Crippen LogP contribution is -2.49. The molecule has 8 nitrogen and oxygen atoms in total. The molecule has 2 aliphatic rings. The van der Waals surface area contributed by atoms with Crippen molar-refractivity contribution in [2.24, 2.45) is 0 Å². The molecule has 4 heterocycles. The number of pyridine rings is 1. The van der Waals surface area contributed by atoms with Gasteiger partial charge in [-0.05, 0) is 30.3 Å². The van der Waals surface area contributed by atoms with Gasteiger partial charge < -0.3 is 9.64 Å². The lowest BCUT2D eigenvalue weighted by atomic mass is 9.82. The van der Waals surface area contributed by atoms with Crippen LogP contribution in [-0.4, -0.2) is 45.4 Å². The third-order valence-electron chi connectivity index (χ3n) is 6.90. The highest BCUT2D eigenvalue weighted by molar-refractivity contribution is 6.31.